The summed E-state index contributed by atoms with van der Waals surface area (Å²) < 4.78 is 39.6. The Hall–Kier alpha value is -2.12. The van der Waals surface area contributed by atoms with Crippen molar-refractivity contribution in [2.75, 3.05) is 11.4 Å². The Morgan fingerprint density at radius 1 is 1.43 bits per heavy atom. The highest BCUT2D eigenvalue weighted by Gasteiger charge is 2.42. The van der Waals surface area contributed by atoms with Crippen LogP contribution in [0.25, 0.3) is 5.65 Å². The fourth-order valence-corrected chi connectivity index (χ4v) is 3.01. The maximum absolute atomic E-state index is 12.7. The van der Waals surface area contributed by atoms with E-state index < -0.39 is 17.5 Å². The Balaban J connectivity index is 2.22. The van der Waals surface area contributed by atoms with E-state index in [1.165, 1.54) is 4.52 Å². The first-order chi connectivity index (χ1) is 10.8. The number of halogens is 3. The summed E-state index contributed by atoms with van der Waals surface area (Å²) in [5.41, 5.74) is 1.10. The van der Waals surface area contributed by atoms with Gasteiger partial charge in [-0.25, -0.2) is 4.98 Å². The van der Waals surface area contributed by atoms with E-state index in [-0.39, 0.29) is 11.7 Å². The van der Waals surface area contributed by atoms with E-state index in [9.17, 15) is 18.0 Å². The summed E-state index contributed by atoms with van der Waals surface area (Å²) in [4.78, 5) is 17.9. The molecule has 1 atom stereocenters. The number of aryl methyl sites for hydroxylation is 1. The quantitative estimate of drug-likeness (QED) is 0.814. The normalized spacial score (nSPS) is 16.0. The molecule has 1 unspecified atom stereocenters. The van der Waals surface area contributed by atoms with Crippen LogP contribution in [0.2, 0.25) is 0 Å². The first-order valence-electron chi connectivity index (χ1n) is 7.51. The van der Waals surface area contributed by atoms with Gasteiger partial charge in [0.2, 0.25) is 0 Å². The van der Waals surface area contributed by atoms with Gasteiger partial charge in [-0.3, -0.25) is 4.79 Å². The second-order valence-corrected chi connectivity index (χ2v) is 5.82. The number of aromatic nitrogens is 3. The highest BCUT2D eigenvalue weighted by atomic mass is 19.4. The molecule has 2 aromatic heterocycles. The maximum Gasteiger partial charge on any atom is 0.455 e. The van der Waals surface area contributed by atoms with Crippen molar-refractivity contribution in [3.63, 3.8) is 0 Å². The van der Waals surface area contributed by atoms with Crippen LogP contribution in [-0.4, -0.2) is 39.1 Å². The third-order valence-electron chi connectivity index (χ3n) is 4.42. The zero-order chi connectivity index (χ0) is 16.9. The lowest BCUT2D eigenvalue weighted by Gasteiger charge is -2.26. The number of carbonyl (C=O) groups is 1. The number of alkyl halides is 3. The van der Waals surface area contributed by atoms with Gasteiger partial charge in [0.1, 0.15) is 5.82 Å². The molecular formula is C15H17F3N4O. The molecule has 0 saturated heterocycles. The number of anilines is 1. The number of ketones is 1. The van der Waals surface area contributed by atoms with Crippen LogP contribution in [-0.2, 0) is 6.42 Å². The van der Waals surface area contributed by atoms with E-state index in [0.717, 1.165) is 37.0 Å². The van der Waals surface area contributed by atoms with E-state index in [4.69, 9.17) is 0 Å². The summed E-state index contributed by atoms with van der Waals surface area (Å²) in [6.07, 6.45) is -2.30. The molecule has 1 aliphatic heterocycles. The Kier molecular flexibility index (Phi) is 3.57. The third-order valence-corrected chi connectivity index (χ3v) is 4.42. The van der Waals surface area contributed by atoms with E-state index in [1.54, 1.807) is 6.92 Å². The van der Waals surface area contributed by atoms with Gasteiger partial charge in [0.25, 0.3) is 5.78 Å². The smallest absolute Gasteiger partial charge is 0.353 e. The van der Waals surface area contributed by atoms with E-state index in [1.807, 2.05) is 0 Å². The lowest BCUT2D eigenvalue weighted by molar-refractivity contribution is -0.0884. The number of nitrogens with zero attached hydrogens (tertiary/aromatic N) is 4. The van der Waals surface area contributed by atoms with Crippen molar-refractivity contribution in [3.05, 3.63) is 23.0 Å². The van der Waals surface area contributed by atoms with Gasteiger partial charge in [-0.2, -0.15) is 22.8 Å². The molecule has 23 heavy (non-hydrogen) atoms. The predicted molar refractivity (Wildman–Crippen MR) is 78.9 cm³/mol. The van der Waals surface area contributed by atoms with Crippen LogP contribution in [0.15, 0.2) is 6.20 Å². The number of hydrogen-bond acceptors (Lipinski definition) is 4. The molecule has 8 heteroatoms. The number of Topliss-reactive ketones (excluding diaryl/α,β-unsaturated/α-hetero) is 1. The van der Waals surface area contributed by atoms with Gasteiger partial charge in [-0.05, 0) is 26.7 Å². The van der Waals surface area contributed by atoms with Gasteiger partial charge in [0.05, 0.1) is 11.8 Å². The molecule has 0 saturated carbocycles. The standard InChI is InChI=1S/C15H17F3N4O/c1-4-8(2)21-6-5-10-9(3)20-13-11(12(23)15(16,17)18)7-19-22(13)14(10)21/h7-8H,4-6H2,1-3H3. The van der Waals surface area contributed by atoms with Gasteiger partial charge in [0.15, 0.2) is 5.65 Å². The highest BCUT2D eigenvalue weighted by Crippen LogP contribution is 2.34. The average Bonchev–Trinajstić information content (AvgIpc) is 3.08. The van der Waals surface area contributed by atoms with Gasteiger partial charge in [-0.15, -0.1) is 0 Å². The molecule has 0 bridgehead atoms. The lowest BCUT2D eigenvalue weighted by atomic mass is 10.1. The molecule has 0 fully saturated rings. The van der Waals surface area contributed by atoms with Crippen molar-refractivity contribution in [3.8, 4) is 0 Å². The van der Waals surface area contributed by atoms with E-state index in [2.05, 4.69) is 28.8 Å². The fraction of sp³-hybridized carbons (Fsp3) is 0.533. The first-order valence-corrected chi connectivity index (χ1v) is 7.51. The van der Waals surface area contributed by atoms with Crippen LogP contribution in [0, 0.1) is 6.92 Å². The Morgan fingerprint density at radius 2 is 2.13 bits per heavy atom. The number of hydrogen-bond donors (Lipinski definition) is 0. The summed E-state index contributed by atoms with van der Waals surface area (Å²) >= 11 is 0. The van der Waals surface area contributed by atoms with Gasteiger partial charge >= 0.3 is 6.18 Å². The number of carbonyl (C=O) groups excluding carboxylic acids is 1. The van der Waals surface area contributed by atoms with Gasteiger partial charge < -0.3 is 4.90 Å². The summed E-state index contributed by atoms with van der Waals surface area (Å²) in [6.45, 7) is 6.64. The van der Waals surface area contributed by atoms with Crippen LogP contribution >= 0.6 is 0 Å². The molecule has 0 amide bonds. The minimum absolute atomic E-state index is 0.0289. The molecule has 2 aromatic rings. The molecule has 0 aromatic carbocycles. The molecule has 0 N–H and O–H groups in total. The molecule has 3 heterocycles. The second-order valence-electron chi connectivity index (χ2n) is 5.82. The topological polar surface area (TPSA) is 50.5 Å². The fourth-order valence-electron chi connectivity index (χ4n) is 3.01. The maximum atomic E-state index is 12.7. The SMILES string of the molecule is CCC(C)N1CCc2c(C)nc3c(C(=O)C(F)(F)F)cnn3c21. The molecular weight excluding hydrogens is 309 g/mol. The second kappa shape index (κ2) is 5.21. The minimum atomic E-state index is -4.94. The first kappa shape index (κ1) is 15.8. The van der Waals surface area contributed by atoms with Gasteiger partial charge in [0, 0.05) is 23.8 Å². The Bertz CT molecular complexity index is 781. The molecule has 0 radical (unpaired) electrons. The number of rotatable bonds is 3. The molecule has 0 spiro atoms. The van der Waals surface area contributed by atoms with Crippen molar-refractivity contribution in [2.24, 2.45) is 0 Å². The van der Waals surface area contributed by atoms with Crippen molar-refractivity contribution < 1.29 is 18.0 Å². The van der Waals surface area contributed by atoms with E-state index in [0.29, 0.717) is 5.69 Å². The van der Waals surface area contributed by atoms with Crippen molar-refractivity contribution in [1.29, 1.82) is 0 Å². The molecule has 0 aliphatic carbocycles. The zero-order valence-electron chi connectivity index (χ0n) is 13.1. The van der Waals surface area contributed by atoms with Crippen LogP contribution < -0.4 is 4.90 Å². The van der Waals surface area contributed by atoms with Crippen LogP contribution in [0.4, 0.5) is 19.0 Å². The monoisotopic (exact) mass is 326 g/mol. The molecule has 3 rings (SSSR count). The van der Waals surface area contributed by atoms with Crippen molar-refractivity contribution in [1.82, 2.24) is 14.6 Å². The Morgan fingerprint density at radius 3 is 2.74 bits per heavy atom. The van der Waals surface area contributed by atoms with Crippen LogP contribution in [0.5, 0.6) is 0 Å². The molecule has 5 nitrogen and oxygen atoms in total. The largest absolute Gasteiger partial charge is 0.455 e. The average molecular weight is 326 g/mol. The summed E-state index contributed by atoms with van der Waals surface area (Å²) in [6, 6.07) is 0.229. The van der Waals surface area contributed by atoms with E-state index >= 15 is 0 Å². The predicted octanol–water partition coefficient (Wildman–Crippen LogP) is 2.94. The zero-order valence-corrected chi connectivity index (χ0v) is 13.1. The summed E-state index contributed by atoms with van der Waals surface area (Å²) in [5.74, 6) is -1.16. The van der Waals surface area contributed by atoms with Crippen molar-refractivity contribution >= 4 is 17.2 Å². The lowest BCUT2D eigenvalue weighted by Crippen LogP contribution is -2.32. The van der Waals surface area contributed by atoms with Crippen LogP contribution in [0.1, 0.15) is 41.9 Å². The number of fused-ring (bicyclic) bond motifs is 3. The molecule has 124 valence electrons. The summed E-state index contributed by atoms with van der Waals surface area (Å²) in [5, 5.41) is 4.02. The Labute approximate surface area is 131 Å². The third kappa shape index (κ3) is 2.36. The molecule has 1 aliphatic rings. The van der Waals surface area contributed by atoms with Crippen molar-refractivity contribution in [2.45, 2.75) is 45.8 Å². The minimum Gasteiger partial charge on any atom is -0.353 e. The summed E-state index contributed by atoms with van der Waals surface area (Å²) in [7, 11) is 0. The van der Waals surface area contributed by atoms with Gasteiger partial charge in [-0.1, -0.05) is 6.92 Å². The highest BCUT2D eigenvalue weighted by molar-refractivity contribution is 6.05. The van der Waals surface area contributed by atoms with Crippen LogP contribution in [0.3, 0.4) is 0 Å².